The maximum atomic E-state index is 6.03. The van der Waals surface area contributed by atoms with Crippen molar-refractivity contribution in [1.29, 1.82) is 0 Å². The molecule has 0 unspecified atom stereocenters. The fourth-order valence-corrected chi connectivity index (χ4v) is 2.05. The van der Waals surface area contributed by atoms with Crippen LogP contribution in [0.4, 0.5) is 0 Å². The van der Waals surface area contributed by atoms with Crippen LogP contribution < -0.4 is 5.73 Å². The highest BCUT2D eigenvalue weighted by molar-refractivity contribution is 6.29. The molecule has 1 saturated heterocycles. The first-order valence-corrected chi connectivity index (χ1v) is 5.94. The van der Waals surface area contributed by atoms with Crippen LogP contribution in [0.5, 0.6) is 0 Å². The van der Waals surface area contributed by atoms with Gasteiger partial charge in [0, 0.05) is 31.6 Å². The number of ether oxygens (including phenoxy) is 1. The molecule has 0 amide bonds. The smallest absolute Gasteiger partial charge is 0.197 e. The van der Waals surface area contributed by atoms with Gasteiger partial charge in [-0.05, 0) is 24.2 Å². The Labute approximate surface area is 100 Å². The highest BCUT2D eigenvalue weighted by atomic mass is 35.5. The molecule has 1 aliphatic rings. The van der Waals surface area contributed by atoms with Gasteiger partial charge in [-0.15, -0.1) is 0 Å². The molecule has 0 atom stereocenters. The fourth-order valence-electron chi connectivity index (χ4n) is 1.83. The SMILES string of the molecule is NCCc1cc(CN2CCOCC2)c(Cl)o1. The van der Waals surface area contributed by atoms with Crippen molar-refractivity contribution in [3.63, 3.8) is 0 Å². The largest absolute Gasteiger partial charge is 0.449 e. The molecule has 2 N–H and O–H groups in total. The maximum absolute atomic E-state index is 6.03. The molecule has 0 saturated carbocycles. The van der Waals surface area contributed by atoms with Crippen LogP contribution in [0.15, 0.2) is 10.5 Å². The van der Waals surface area contributed by atoms with Crippen LogP contribution in [-0.4, -0.2) is 37.7 Å². The molecule has 0 aliphatic carbocycles. The van der Waals surface area contributed by atoms with Crippen molar-refractivity contribution < 1.29 is 9.15 Å². The lowest BCUT2D eigenvalue weighted by molar-refractivity contribution is 0.0341. The summed E-state index contributed by atoms with van der Waals surface area (Å²) in [4.78, 5) is 2.31. The van der Waals surface area contributed by atoms with Gasteiger partial charge in [-0.25, -0.2) is 0 Å². The van der Waals surface area contributed by atoms with E-state index in [2.05, 4.69) is 4.90 Å². The van der Waals surface area contributed by atoms with Crippen molar-refractivity contribution in [2.24, 2.45) is 5.73 Å². The van der Waals surface area contributed by atoms with Crippen LogP contribution in [0.2, 0.25) is 5.22 Å². The molecule has 1 aliphatic heterocycles. The lowest BCUT2D eigenvalue weighted by atomic mass is 10.2. The summed E-state index contributed by atoms with van der Waals surface area (Å²) in [7, 11) is 0. The van der Waals surface area contributed by atoms with E-state index in [0.717, 1.165) is 50.6 Å². The molecule has 1 aromatic heterocycles. The normalized spacial score (nSPS) is 17.9. The van der Waals surface area contributed by atoms with E-state index in [9.17, 15) is 0 Å². The molecule has 2 heterocycles. The molecule has 16 heavy (non-hydrogen) atoms. The van der Waals surface area contributed by atoms with Crippen LogP contribution in [0.25, 0.3) is 0 Å². The monoisotopic (exact) mass is 244 g/mol. The quantitative estimate of drug-likeness (QED) is 0.867. The van der Waals surface area contributed by atoms with Crippen LogP contribution in [-0.2, 0) is 17.7 Å². The van der Waals surface area contributed by atoms with E-state index >= 15 is 0 Å². The van der Waals surface area contributed by atoms with Gasteiger partial charge in [0.15, 0.2) is 5.22 Å². The number of hydrogen-bond donors (Lipinski definition) is 1. The Morgan fingerprint density at radius 2 is 2.12 bits per heavy atom. The number of nitrogens with zero attached hydrogens (tertiary/aromatic N) is 1. The highest BCUT2D eigenvalue weighted by Gasteiger charge is 2.15. The van der Waals surface area contributed by atoms with Crippen LogP contribution in [0, 0.1) is 0 Å². The molecule has 0 spiro atoms. The second kappa shape index (κ2) is 5.68. The standard InChI is InChI=1S/C11H17ClN2O2/c12-11-9(7-10(16-11)1-2-13)8-14-3-5-15-6-4-14/h7H,1-6,8,13H2. The van der Waals surface area contributed by atoms with E-state index in [1.165, 1.54) is 0 Å². The average Bonchev–Trinajstić information content (AvgIpc) is 2.61. The van der Waals surface area contributed by atoms with E-state index in [0.29, 0.717) is 11.8 Å². The summed E-state index contributed by atoms with van der Waals surface area (Å²) in [6, 6.07) is 2.00. The summed E-state index contributed by atoms with van der Waals surface area (Å²) < 4.78 is 10.7. The number of morpholine rings is 1. The van der Waals surface area contributed by atoms with E-state index in [1.807, 2.05) is 6.07 Å². The Balaban J connectivity index is 1.96. The molecule has 0 aromatic carbocycles. The van der Waals surface area contributed by atoms with Crippen molar-refractivity contribution in [3.8, 4) is 0 Å². The first-order valence-electron chi connectivity index (χ1n) is 5.57. The van der Waals surface area contributed by atoms with Gasteiger partial charge in [0.05, 0.1) is 13.2 Å². The molecule has 5 heteroatoms. The topological polar surface area (TPSA) is 51.6 Å². The van der Waals surface area contributed by atoms with Crippen molar-refractivity contribution >= 4 is 11.6 Å². The Bertz CT molecular complexity index is 335. The minimum Gasteiger partial charge on any atom is -0.449 e. The summed E-state index contributed by atoms with van der Waals surface area (Å²) >= 11 is 6.03. The second-order valence-corrected chi connectivity index (χ2v) is 4.28. The van der Waals surface area contributed by atoms with Gasteiger partial charge >= 0.3 is 0 Å². The van der Waals surface area contributed by atoms with Crippen molar-refractivity contribution in [1.82, 2.24) is 4.90 Å². The minimum absolute atomic E-state index is 0.495. The zero-order chi connectivity index (χ0) is 11.4. The molecular formula is C11H17ClN2O2. The van der Waals surface area contributed by atoms with Gasteiger partial charge in [-0.1, -0.05) is 0 Å². The van der Waals surface area contributed by atoms with E-state index < -0.39 is 0 Å². The number of rotatable bonds is 4. The van der Waals surface area contributed by atoms with Crippen molar-refractivity contribution in [2.45, 2.75) is 13.0 Å². The summed E-state index contributed by atoms with van der Waals surface area (Å²) in [6.45, 7) is 4.91. The Kier molecular flexibility index (Phi) is 4.23. The molecule has 0 bridgehead atoms. The predicted molar refractivity (Wildman–Crippen MR) is 62.6 cm³/mol. The Morgan fingerprint density at radius 1 is 1.38 bits per heavy atom. The maximum Gasteiger partial charge on any atom is 0.197 e. The van der Waals surface area contributed by atoms with E-state index in [-0.39, 0.29) is 0 Å². The van der Waals surface area contributed by atoms with Crippen LogP contribution in [0.1, 0.15) is 11.3 Å². The van der Waals surface area contributed by atoms with Crippen molar-refractivity contribution in [2.75, 3.05) is 32.8 Å². The Hall–Kier alpha value is -0.550. The zero-order valence-corrected chi connectivity index (χ0v) is 10.0. The van der Waals surface area contributed by atoms with E-state index in [4.69, 9.17) is 26.5 Å². The summed E-state index contributed by atoms with van der Waals surface area (Å²) in [6.07, 6.45) is 0.739. The second-order valence-electron chi connectivity index (χ2n) is 3.94. The summed E-state index contributed by atoms with van der Waals surface area (Å²) in [5, 5.41) is 0.495. The average molecular weight is 245 g/mol. The minimum atomic E-state index is 0.495. The first kappa shape index (κ1) is 11.9. The molecule has 1 fully saturated rings. The number of hydrogen-bond acceptors (Lipinski definition) is 4. The molecule has 4 nitrogen and oxygen atoms in total. The number of halogens is 1. The Morgan fingerprint density at radius 3 is 2.81 bits per heavy atom. The summed E-state index contributed by atoms with van der Waals surface area (Å²) in [5.41, 5.74) is 6.52. The van der Waals surface area contributed by atoms with E-state index in [1.54, 1.807) is 0 Å². The van der Waals surface area contributed by atoms with Gasteiger partial charge in [-0.3, -0.25) is 4.90 Å². The molecular weight excluding hydrogens is 228 g/mol. The van der Waals surface area contributed by atoms with Gasteiger partial charge in [-0.2, -0.15) is 0 Å². The molecule has 2 rings (SSSR count). The van der Waals surface area contributed by atoms with Gasteiger partial charge in [0.25, 0.3) is 0 Å². The highest BCUT2D eigenvalue weighted by Crippen LogP contribution is 2.23. The van der Waals surface area contributed by atoms with Crippen molar-refractivity contribution in [3.05, 3.63) is 22.6 Å². The molecule has 0 radical (unpaired) electrons. The van der Waals surface area contributed by atoms with Gasteiger partial charge in [0.2, 0.25) is 0 Å². The number of nitrogens with two attached hydrogens (primary N) is 1. The summed E-state index contributed by atoms with van der Waals surface area (Å²) in [5.74, 6) is 0.871. The third-order valence-electron chi connectivity index (χ3n) is 2.70. The molecule has 1 aromatic rings. The third-order valence-corrected chi connectivity index (χ3v) is 3.02. The fraction of sp³-hybridized carbons (Fsp3) is 0.636. The third kappa shape index (κ3) is 2.98. The predicted octanol–water partition coefficient (Wildman–Crippen LogP) is 1.27. The molecule has 90 valence electrons. The lowest BCUT2D eigenvalue weighted by Gasteiger charge is -2.25. The number of furan rings is 1. The first-order chi connectivity index (χ1) is 7.79. The lowest BCUT2D eigenvalue weighted by Crippen LogP contribution is -2.35. The van der Waals surface area contributed by atoms with Crippen LogP contribution in [0.3, 0.4) is 0 Å². The van der Waals surface area contributed by atoms with Crippen LogP contribution >= 0.6 is 11.6 Å². The van der Waals surface area contributed by atoms with Gasteiger partial charge < -0.3 is 14.9 Å². The van der Waals surface area contributed by atoms with Gasteiger partial charge in [0.1, 0.15) is 5.76 Å². The zero-order valence-electron chi connectivity index (χ0n) is 9.25.